The monoisotopic (exact) mass is 407 g/mol. The molecule has 2 rings (SSSR count). The number of nitrogens with one attached hydrogen (secondary N) is 1. The lowest BCUT2D eigenvalue weighted by Crippen LogP contribution is -2.15. The van der Waals surface area contributed by atoms with Gasteiger partial charge in [-0.15, -0.1) is 11.3 Å². The van der Waals surface area contributed by atoms with Crippen molar-refractivity contribution in [3.8, 4) is 0 Å². The molecule has 1 heterocycles. The van der Waals surface area contributed by atoms with Gasteiger partial charge in [0.25, 0.3) is 0 Å². The maximum atomic E-state index is 5.85. The lowest BCUT2D eigenvalue weighted by atomic mass is 10.1. The van der Waals surface area contributed by atoms with Crippen LogP contribution in [0.5, 0.6) is 0 Å². The quantitative estimate of drug-likeness (QED) is 0.665. The molecular weight excluding hydrogens is 397 g/mol. The first-order valence-corrected chi connectivity index (χ1v) is 8.32. The van der Waals surface area contributed by atoms with E-state index >= 15 is 0 Å². The molecule has 5 heteroatoms. The summed E-state index contributed by atoms with van der Waals surface area (Å²) in [5, 5.41) is 4.23. The number of hydrogen-bond acceptors (Lipinski definition) is 2. The fourth-order valence-corrected chi connectivity index (χ4v) is 3.85. The molecule has 0 saturated heterocycles. The van der Waals surface area contributed by atoms with E-state index in [0.29, 0.717) is 0 Å². The lowest BCUT2D eigenvalue weighted by Gasteiger charge is -2.03. The van der Waals surface area contributed by atoms with Crippen LogP contribution in [0.4, 0.5) is 0 Å². The second-order valence-corrected chi connectivity index (χ2v) is 7.63. The van der Waals surface area contributed by atoms with Crippen LogP contribution in [-0.2, 0) is 13.0 Å². The van der Waals surface area contributed by atoms with Crippen molar-refractivity contribution in [3.63, 3.8) is 0 Å². The summed E-state index contributed by atoms with van der Waals surface area (Å²) in [4.78, 5) is 1.32. The lowest BCUT2D eigenvalue weighted by molar-refractivity contribution is 0.693. The van der Waals surface area contributed by atoms with Crippen molar-refractivity contribution in [2.75, 3.05) is 6.54 Å². The molecule has 96 valence electrons. The molecule has 0 atom stereocenters. The number of hydrogen-bond donors (Lipinski definition) is 1. The summed E-state index contributed by atoms with van der Waals surface area (Å²) in [5.74, 6) is 0. The van der Waals surface area contributed by atoms with E-state index in [4.69, 9.17) is 11.6 Å². The highest BCUT2D eigenvalue weighted by Gasteiger charge is 2.03. The van der Waals surface area contributed by atoms with Gasteiger partial charge < -0.3 is 5.32 Å². The van der Waals surface area contributed by atoms with Gasteiger partial charge in [0.05, 0.1) is 3.79 Å². The van der Waals surface area contributed by atoms with Crippen molar-refractivity contribution in [1.29, 1.82) is 0 Å². The Morgan fingerprint density at radius 2 is 1.89 bits per heavy atom. The Morgan fingerprint density at radius 1 is 1.17 bits per heavy atom. The average molecular weight is 410 g/mol. The number of rotatable bonds is 5. The molecule has 0 aliphatic carbocycles. The molecule has 0 aliphatic rings. The van der Waals surface area contributed by atoms with Crippen LogP contribution in [0, 0.1) is 0 Å². The summed E-state index contributed by atoms with van der Waals surface area (Å²) in [6, 6.07) is 10.2. The number of thiophene rings is 1. The first kappa shape index (κ1) is 14.5. The van der Waals surface area contributed by atoms with Gasteiger partial charge in [0, 0.05) is 20.9 Å². The zero-order valence-electron chi connectivity index (χ0n) is 9.55. The minimum Gasteiger partial charge on any atom is -0.312 e. The molecule has 2 aromatic rings. The van der Waals surface area contributed by atoms with E-state index in [1.54, 1.807) is 11.3 Å². The van der Waals surface area contributed by atoms with Crippen molar-refractivity contribution in [1.82, 2.24) is 5.32 Å². The van der Waals surface area contributed by atoms with Crippen LogP contribution in [0.1, 0.15) is 10.4 Å². The summed E-state index contributed by atoms with van der Waals surface area (Å²) >= 11 is 14.6. The van der Waals surface area contributed by atoms with E-state index in [-0.39, 0.29) is 0 Å². The zero-order valence-corrected chi connectivity index (χ0v) is 14.3. The third kappa shape index (κ3) is 4.35. The highest BCUT2D eigenvalue weighted by Crippen LogP contribution is 2.32. The van der Waals surface area contributed by atoms with Gasteiger partial charge >= 0.3 is 0 Å². The Hall–Kier alpha value is 0.130. The fraction of sp³-hybridized carbons (Fsp3) is 0.231. The molecule has 0 amide bonds. The van der Waals surface area contributed by atoms with Crippen molar-refractivity contribution in [2.45, 2.75) is 13.0 Å². The van der Waals surface area contributed by atoms with Gasteiger partial charge in [-0.2, -0.15) is 0 Å². The van der Waals surface area contributed by atoms with Gasteiger partial charge in [-0.3, -0.25) is 0 Å². The molecule has 1 nitrogen and oxygen atoms in total. The molecule has 1 N–H and O–H groups in total. The van der Waals surface area contributed by atoms with Crippen LogP contribution in [0.2, 0.25) is 5.02 Å². The predicted molar refractivity (Wildman–Crippen MR) is 86.6 cm³/mol. The third-order valence-electron chi connectivity index (χ3n) is 2.50. The van der Waals surface area contributed by atoms with Crippen molar-refractivity contribution in [2.24, 2.45) is 0 Å². The van der Waals surface area contributed by atoms with Crippen LogP contribution in [0.3, 0.4) is 0 Å². The summed E-state index contributed by atoms with van der Waals surface area (Å²) < 4.78 is 2.28. The van der Waals surface area contributed by atoms with Crippen LogP contribution < -0.4 is 5.32 Å². The minimum atomic E-state index is 0.792. The molecule has 1 aromatic heterocycles. The van der Waals surface area contributed by atoms with Crippen LogP contribution in [0.25, 0.3) is 0 Å². The summed E-state index contributed by atoms with van der Waals surface area (Å²) in [7, 11) is 0. The first-order chi connectivity index (χ1) is 8.65. The van der Waals surface area contributed by atoms with Gasteiger partial charge in [0.1, 0.15) is 0 Å². The summed E-state index contributed by atoms with van der Waals surface area (Å²) in [6.07, 6.45) is 1.02. The zero-order chi connectivity index (χ0) is 13.0. The summed E-state index contributed by atoms with van der Waals surface area (Å²) in [6.45, 7) is 1.87. The molecule has 0 bridgehead atoms. The standard InChI is InChI=1S/C13H12Br2ClNS/c14-12-7-11(18-13(12)15)8-17-6-5-9-1-3-10(16)4-2-9/h1-4,7,17H,5-6,8H2. The highest BCUT2D eigenvalue weighted by molar-refractivity contribution is 9.13. The normalized spacial score (nSPS) is 10.8. The maximum Gasteiger partial charge on any atom is 0.0843 e. The molecule has 0 saturated carbocycles. The van der Waals surface area contributed by atoms with Gasteiger partial charge in [-0.25, -0.2) is 0 Å². The Labute approximate surface area is 133 Å². The molecule has 0 fully saturated rings. The Bertz CT molecular complexity index is 491. The van der Waals surface area contributed by atoms with Gasteiger partial charge in [0.2, 0.25) is 0 Å². The molecule has 0 radical (unpaired) electrons. The van der Waals surface area contributed by atoms with Gasteiger partial charge in [-0.05, 0) is 68.6 Å². The molecular formula is C13H12Br2ClNS. The van der Waals surface area contributed by atoms with Gasteiger partial charge in [-0.1, -0.05) is 23.7 Å². The van der Waals surface area contributed by atoms with Crippen LogP contribution in [0.15, 0.2) is 38.6 Å². The second-order valence-electron chi connectivity index (χ2n) is 3.89. The Kier molecular flexibility index (Phi) is 5.70. The molecule has 0 spiro atoms. The SMILES string of the molecule is Clc1ccc(CCNCc2cc(Br)c(Br)s2)cc1. The van der Waals surface area contributed by atoms with E-state index in [9.17, 15) is 0 Å². The smallest absolute Gasteiger partial charge is 0.0843 e. The van der Waals surface area contributed by atoms with Crippen molar-refractivity contribution < 1.29 is 0 Å². The van der Waals surface area contributed by atoms with E-state index in [1.165, 1.54) is 10.4 Å². The van der Waals surface area contributed by atoms with E-state index in [0.717, 1.165) is 32.8 Å². The van der Waals surface area contributed by atoms with Crippen molar-refractivity contribution in [3.05, 3.63) is 54.1 Å². The summed E-state index contributed by atoms with van der Waals surface area (Å²) in [5.41, 5.74) is 1.31. The van der Waals surface area contributed by atoms with Crippen LogP contribution >= 0.6 is 54.8 Å². The van der Waals surface area contributed by atoms with Gasteiger partial charge in [0.15, 0.2) is 0 Å². The van der Waals surface area contributed by atoms with E-state index < -0.39 is 0 Å². The van der Waals surface area contributed by atoms with Crippen molar-refractivity contribution >= 4 is 54.8 Å². The average Bonchev–Trinajstić information content (AvgIpc) is 2.67. The van der Waals surface area contributed by atoms with E-state index in [2.05, 4.69) is 55.4 Å². The molecule has 18 heavy (non-hydrogen) atoms. The second kappa shape index (κ2) is 7.06. The number of halogens is 3. The molecule has 0 aliphatic heterocycles. The predicted octanol–water partition coefficient (Wildman–Crippen LogP) is 5.26. The largest absolute Gasteiger partial charge is 0.312 e. The van der Waals surface area contributed by atoms with Crippen LogP contribution in [-0.4, -0.2) is 6.54 Å². The molecule has 1 aromatic carbocycles. The fourth-order valence-electron chi connectivity index (χ4n) is 1.57. The first-order valence-electron chi connectivity index (χ1n) is 5.54. The van der Waals surface area contributed by atoms with E-state index in [1.807, 2.05) is 12.1 Å². The molecule has 0 unspecified atom stereocenters. The topological polar surface area (TPSA) is 12.0 Å². The number of benzene rings is 1. The third-order valence-corrected chi connectivity index (χ3v) is 6.01. The minimum absolute atomic E-state index is 0.792. The Morgan fingerprint density at radius 3 is 2.50 bits per heavy atom. The maximum absolute atomic E-state index is 5.85. The Balaban J connectivity index is 1.74. The highest BCUT2D eigenvalue weighted by atomic mass is 79.9.